The Labute approximate surface area is 137 Å². The molecule has 0 aliphatic carbocycles. The number of nitrogens with zero attached hydrogens (tertiary/aromatic N) is 2. The van der Waals surface area contributed by atoms with E-state index in [2.05, 4.69) is 11.9 Å². The van der Waals surface area contributed by atoms with Crippen LogP contribution in [0.25, 0.3) is 0 Å². The minimum absolute atomic E-state index is 0.0806. The highest BCUT2D eigenvalue weighted by atomic mass is 16.5. The highest BCUT2D eigenvalue weighted by Gasteiger charge is 2.19. The Morgan fingerprint density at radius 1 is 1.35 bits per heavy atom. The largest absolute Gasteiger partial charge is 0.493 e. The lowest BCUT2D eigenvalue weighted by Gasteiger charge is -2.23. The Bertz CT molecular complexity index is 670. The molecule has 1 amide bonds. The van der Waals surface area contributed by atoms with Gasteiger partial charge in [0.25, 0.3) is 5.91 Å². The molecule has 4 heteroatoms. The molecular formula is C19H22N2O2. The molecular weight excluding hydrogens is 288 g/mol. The third-order valence-corrected chi connectivity index (χ3v) is 4.10. The first-order chi connectivity index (χ1) is 11.3. The average Bonchev–Trinajstić information content (AvgIpc) is 3.06. The van der Waals surface area contributed by atoms with Crippen LogP contribution in [0.4, 0.5) is 0 Å². The monoisotopic (exact) mass is 310 g/mol. The van der Waals surface area contributed by atoms with Crippen LogP contribution in [0.15, 0.2) is 42.7 Å². The molecule has 0 saturated heterocycles. The summed E-state index contributed by atoms with van der Waals surface area (Å²) in [6, 6.07) is 9.68. The van der Waals surface area contributed by atoms with Gasteiger partial charge in [-0.15, -0.1) is 0 Å². The summed E-state index contributed by atoms with van der Waals surface area (Å²) in [5.41, 5.74) is 2.93. The summed E-state index contributed by atoms with van der Waals surface area (Å²) in [5, 5.41) is 0. The fourth-order valence-corrected chi connectivity index (χ4v) is 2.82. The number of rotatable bonds is 6. The summed E-state index contributed by atoms with van der Waals surface area (Å²) in [6.07, 6.45) is 6.52. The van der Waals surface area contributed by atoms with Gasteiger partial charge >= 0.3 is 0 Å². The highest BCUT2D eigenvalue weighted by molar-refractivity contribution is 5.94. The normalized spacial score (nSPS) is 12.6. The Morgan fingerprint density at radius 2 is 2.26 bits per heavy atom. The van der Waals surface area contributed by atoms with E-state index in [1.54, 1.807) is 6.20 Å². The first-order valence-corrected chi connectivity index (χ1v) is 8.22. The van der Waals surface area contributed by atoms with E-state index in [0.717, 1.165) is 48.2 Å². The standard InChI is InChI=1S/C19H22N2O2/c1-2-3-10-21(14-15-5-4-9-20-13-15)19(22)17-6-7-18-16(12-17)8-11-23-18/h4-7,9,12-13H,2-3,8,10-11,14H2,1H3. The molecule has 0 N–H and O–H groups in total. The fraction of sp³-hybridized carbons (Fsp3) is 0.368. The van der Waals surface area contributed by atoms with Crippen molar-refractivity contribution in [2.45, 2.75) is 32.7 Å². The Balaban J connectivity index is 1.79. The van der Waals surface area contributed by atoms with Gasteiger partial charge in [0.05, 0.1) is 6.61 Å². The Hall–Kier alpha value is -2.36. The van der Waals surface area contributed by atoms with Crippen LogP contribution in [-0.2, 0) is 13.0 Å². The first-order valence-electron chi connectivity index (χ1n) is 8.22. The maximum atomic E-state index is 12.9. The zero-order chi connectivity index (χ0) is 16.1. The topological polar surface area (TPSA) is 42.4 Å². The minimum Gasteiger partial charge on any atom is -0.493 e. The second kappa shape index (κ2) is 7.27. The van der Waals surface area contributed by atoms with E-state index in [1.807, 2.05) is 41.4 Å². The van der Waals surface area contributed by atoms with Crippen molar-refractivity contribution < 1.29 is 9.53 Å². The zero-order valence-electron chi connectivity index (χ0n) is 13.5. The number of carbonyl (C=O) groups is 1. The van der Waals surface area contributed by atoms with Crippen LogP contribution in [0, 0.1) is 0 Å². The van der Waals surface area contributed by atoms with Crippen molar-refractivity contribution in [2.24, 2.45) is 0 Å². The molecule has 1 aromatic carbocycles. The van der Waals surface area contributed by atoms with Gasteiger partial charge in [0.1, 0.15) is 5.75 Å². The number of hydrogen-bond donors (Lipinski definition) is 0. The van der Waals surface area contributed by atoms with Crippen LogP contribution in [0.2, 0.25) is 0 Å². The molecule has 0 saturated carbocycles. The maximum absolute atomic E-state index is 12.9. The molecule has 1 aromatic heterocycles. The molecule has 2 aromatic rings. The van der Waals surface area contributed by atoms with Crippen LogP contribution < -0.4 is 4.74 Å². The molecule has 2 heterocycles. The zero-order valence-corrected chi connectivity index (χ0v) is 13.5. The third kappa shape index (κ3) is 3.70. The number of unbranched alkanes of at least 4 members (excludes halogenated alkanes) is 1. The van der Waals surface area contributed by atoms with Crippen molar-refractivity contribution in [1.29, 1.82) is 0 Å². The molecule has 120 valence electrons. The molecule has 1 aliphatic rings. The van der Waals surface area contributed by atoms with E-state index >= 15 is 0 Å². The van der Waals surface area contributed by atoms with Gasteiger partial charge in [-0.25, -0.2) is 0 Å². The summed E-state index contributed by atoms with van der Waals surface area (Å²) in [7, 11) is 0. The summed E-state index contributed by atoms with van der Waals surface area (Å²) in [5.74, 6) is 0.992. The van der Waals surface area contributed by atoms with Gasteiger partial charge in [-0.05, 0) is 41.8 Å². The van der Waals surface area contributed by atoms with Crippen LogP contribution in [0.1, 0.15) is 41.3 Å². The highest BCUT2D eigenvalue weighted by Crippen LogP contribution is 2.26. The number of benzene rings is 1. The lowest BCUT2D eigenvalue weighted by Crippen LogP contribution is -2.31. The van der Waals surface area contributed by atoms with Crippen molar-refractivity contribution in [3.05, 3.63) is 59.4 Å². The smallest absolute Gasteiger partial charge is 0.254 e. The van der Waals surface area contributed by atoms with E-state index < -0.39 is 0 Å². The number of pyridine rings is 1. The summed E-state index contributed by atoms with van der Waals surface area (Å²) in [6.45, 7) is 4.21. The predicted molar refractivity (Wildman–Crippen MR) is 89.5 cm³/mol. The van der Waals surface area contributed by atoms with Gasteiger partial charge in [-0.1, -0.05) is 19.4 Å². The summed E-state index contributed by atoms with van der Waals surface area (Å²) in [4.78, 5) is 19.0. The van der Waals surface area contributed by atoms with Crippen LogP contribution >= 0.6 is 0 Å². The average molecular weight is 310 g/mol. The fourth-order valence-electron chi connectivity index (χ4n) is 2.82. The Kier molecular flexibility index (Phi) is 4.91. The number of amides is 1. The molecule has 0 fully saturated rings. The lowest BCUT2D eigenvalue weighted by molar-refractivity contribution is 0.0740. The van der Waals surface area contributed by atoms with Crippen LogP contribution in [-0.4, -0.2) is 28.9 Å². The molecule has 0 radical (unpaired) electrons. The Morgan fingerprint density at radius 3 is 3.04 bits per heavy atom. The molecule has 23 heavy (non-hydrogen) atoms. The molecule has 3 rings (SSSR count). The van der Waals surface area contributed by atoms with Gasteiger partial charge < -0.3 is 9.64 Å². The second-order valence-electron chi connectivity index (χ2n) is 5.86. The van der Waals surface area contributed by atoms with E-state index in [1.165, 1.54) is 0 Å². The minimum atomic E-state index is 0.0806. The van der Waals surface area contributed by atoms with Crippen molar-refractivity contribution in [3.63, 3.8) is 0 Å². The van der Waals surface area contributed by atoms with Gasteiger partial charge in [-0.3, -0.25) is 9.78 Å². The molecule has 0 atom stereocenters. The third-order valence-electron chi connectivity index (χ3n) is 4.10. The number of ether oxygens (including phenoxy) is 1. The summed E-state index contributed by atoms with van der Waals surface area (Å²) >= 11 is 0. The van der Waals surface area contributed by atoms with E-state index in [0.29, 0.717) is 13.2 Å². The van der Waals surface area contributed by atoms with Gasteiger partial charge in [-0.2, -0.15) is 0 Å². The lowest BCUT2D eigenvalue weighted by atomic mass is 10.1. The molecule has 0 bridgehead atoms. The number of aromatic nitrogens is 1. The predicted octanol–water partition coefficient (Wildman–Crippen LogP) is 3.46. The maximum Gasteiger partial charge on any atom is 0.254 e. The second-order valence-corrected chi connectivity index (χ2v) is 5.86. The quantitative estimate of drug-likeness (QED) is 0.820. The number of carbonyl (C=O) groups excluding carboxylic acids is 1. The number of fused-ring (bicyclic) bond motifs is 1. The van der Waals surface area contributed by atoms with Crippen molar-refractivity contribution in [1.82, 2.24) is 9.88 Å². The van der Waals surface area contributed by atoms with E-state index in [9.17, 15) is 4.79 Å². The van der Waals surface area contributed by atoms with Gasteiger partial charge in [0, 0.05) is 37.5 Å². The van der Waals surface area contributed by atoms with Gasteiger partial charge in [0.2, 0.25) is 0 Å². The van der Waals surface area contributed by atoms with Crippen LogP contribution in [0.5, 0.6) is 5.75 Å². The molecule has 1 aliphatic heterocycles. The molecule has 0 spiro atoms. The molecule has 4 nitrogen and oxygen atoms in total. The van der Waals surface area contributed by atoms with Crippen molar-refractivity contribution >= 4 is 5.91 Å². The number of hydrogen-bond acceptors (Lipinski definition) is 3. The van der Waals surface area contributed by atoms with Crippen molar-refractivity contribution in [2.75, 3.05) is 13.2 Å². The SMILES string of the molecule is CCCCN(Cc1cccnc1)C(=O)c1ccc2c(c1)CCO2. The molecule has 0 unspecified atom stereocenters. The van der Waals surface area contributed by atoms with Crippen molar-refractivity contribution in [3.8, 4) is 5.75 Å². The van der Waals surface area contributed by atoms with Gasteiger partial charge in [0.15, 0.2) is 0 Å². The van der Waals surface area contributed by atoms with E-state index in [4.69, 9.17) is 4.74 Å². The summed E-state index contributed by atoms with van der Waals surface area (Å²) < 4.78 is 5.52. The van der Waals surface area contributed by atoms with Crippen LogP contribution in [0.3, 0.4) is 0 Å². The van der Waals surface area contributed by atoms with E-state index in [-0.39, 0.29) is 5.91 Å². The first kappa shape index (κ1) is 15.5.